The second-order valence-electron chi connectivity index (χ2n) is 6.71. The molecule has 3 saturated heterocycles. The summed E-state index contributed by atoms with van der Waals surface area (Å²) in [6, 6.07) is 1.57. The molecule has 1 spiro atoms. The van der Waals surface area contributed by atoms with Gasteiger partial charge in [0.25, 0.3) is 0 Å². The van der Waals surface area contributed by atoms with Gasteiger partial charge in [0.05, 0.1) is 0 Å². The summed E-state index contributed by atoms with van der Waals surface area (Å²) in [5.74, 6) is 0. The van der Waals surface area contributed by atoms with E-state index in [9.17, 15) is 0 Å². The summed E-state index contributed by atoms with van der Waals surface area (Å²) < 4.78 is 0. The van der Waals surface area contributed by atoms with Gasteiger partial charge in [0.2, 0.25) is 0 Å². The highest BCUT2D eigenvalue weighted by molar-refractivity contribution is 4.99. The Labute approximate surface area is 106 Å². The van der Waals surface area contributed by atoms with Crippen molar-refractivity contribution in [1.29, 1.82) is 0 Å². The van der Waals surface area contributed by atoms with Gasteiger partial charge in [-0.05, 0) is 39.7 Å². The Kier molecular flexibility index (Phi) is 3.18. The van der Waals surface area contributed by atoms with Crippen LogP contribution in [-0.2, 0) is 0 Å². The zero-order valence-electron chi connectivity index (χ0n) is 11.4. The molecule has 3 fully saturated rings. The van der Waals surface area contributed by atoms with Crippen LogP contribution >= 0.6 is 0 Å². The van der Waals surface area contributed by atoms with Crippen LogP contribution in [0, 0.1) is 5.41 Å². The molecule has 3 heterocycles. The Balaban J connectivity index is 1.58. The number of hydrogen-bond donors (Lipinski definition) is 1. The lowest BCUT2D eigenvalue weighted by molar-refractivity contribution is 0.0194. The summed E-state index contributed by atoms with van der Waals surface area (Å²) in [6.07, 6.45) is 4.26. The van der Waals surface area contributed by atoms with Crippen LogP contribution in [0.15, 0.2) is 0 Å². The second kappa shape index (κ2) is 4.52. The summed E-state index contributed by atoms with van der Waals surface area (Å²) in [5, 5.41) is 3.47. The molecule has 0 bridgehead atoms. The predicted molar refractivity (Wildman–Crippen MR) is 71.2 cm³/mol. The van der Waals surface area contributed by atoms with E-state index in [0.29, 0.717) is 5.41 Å². The van der Waals surface area contributed by atoms with Gasteiger partial charge in [0, 0.05) is 50.2 Å². The molecular formula is C14H27N3. The smallest absolute Gasteiger partial charge is 0.0235 e. The van der Waals surface area contributed by atoms with Gasteiger partial charge in [-0.15, -0.1) is 0 Å². The largest absolute Gasteiger partial charge is 0.315 e. The first-order valence-corrected chi connectivity index (χ1v) is 7.37. The van der Waals surface area contributed by atoms with E-state index in [-0.39, 0.29) is 0 Å². The van der Waals surface area contributed by atoms with Crippen molar-refractivity contribution in [2.24, 2.45) is 5.41 Å². The first-order chi connectivity index (χ1) is 8.19. The molecular weight excluding hydrogens is 210 g/mol. The van der Waals surface area contributed by atoms with E-state index in [1.165, 1.54) is 58.5 Å². The third-order valence-corrected chi connectivity index (χ3v) is 5.13. The molecule has 0 aromatic heterocycles. The molecule has 3 aliphatic rings. The standard InChI is InChI=1S/C14H27N3/c1-12(2)16-7-4-13(8-16)17-6-3-5-14(11-17)9-15-10-14/h12-13,15H,3-11H2,1-2H3. The Bertz CT molecular complexity index is 273. The van der Waals surface area contributed by atoms with Gasteiger partial charge in [-0.1, -0.05) is 0 Å². The maximum absolute atomic E-state index is 3.47. The minimum absolute atomic E-state index is 0.656. The van der Waals surface area contributed by atoms with Crippen molar-refractivity contribution in [2.45, 2.75) is 45.2 Å². The van der Waals surface area contributed by atoms with Crippen LogP contribution in [0.4, 0.5) is 0 Å². The molecule has 3 heteroatoms. The fraction of sp³-hybridized carbons (Fsp3) is 1.00. The molecule has 1 atom stereocenters. The van der Waals surface area contributed by atoms with Crippen LogP contribution in [-0.4, -0.2) is 61.2 Å². The zero-order valence-corrected chi connectivity index (χ0v) is 11.4. The van der Waals surface area contributed by atoms with Crippen molar-refractivity contribution < 1.29 is 0 Å². The van der Waals surface area contributed by atoms with E-state index in [2.05, 4.69) is 29.0 Å². The fourth-order valence-corrected chi connectivity index (χ4v) is 3.86. The Morgan fingerprint density at radius 3 is 2.65 bits per heavy atom. The topological polar surface area (TPSA) is 18.5 Å². The van der Waals surface area contributed by atoms with Crippen LogP contribution < -0.4 is 5.32 Å². The molecule has 0 radical (unpaired) electrons. The number of likely N-dealkylation sites (tertiary alicyclic amines) is 2. The van der Waals surface area contributed by atoms with Gasteiger partial charge in [-0.3, -0.25) is 9.80 Å². The summed E-state index contributed by atoms with van der Waals surface area (Å²) in [5.41, 5.74) is 0.656. The van der Waals surface area contributed by atoms with Gasteiger partial charge in [0.1, 0.15) is 0 Å². The van der Waals surface area contributed by atoms with Crippen LogP contribution in [0.3, 0.4) is 0 Å². The van der Waals surface area contributed by atoms with Crippen molar-refractivity contribution >= 4 is 0 Å². The maximum Gasteiger partial charge on any atom is 0.0235 e. The SMILES string of the molecule is CC(C)N1CCC(N2CCCC3(CNC3)C2)C1. The lowest BCUT2D eigenvalue weighted by Crippen LogP contribution is -2.62. The average Bonchev–Trinajstić information content (AvgIpc) is 2.76. The number of piperidine rings is 1. The molecule has 0 aliphatic carbocycles. The quantitative estimate of drug-likeness (QED) is 0.777. The van der Waals surface area contributed by atoms with E-state index >= 15 is 0 Å². The monoisotopic (exact) mass is 237 g/mol. The van der Waals surface area contributed by atoms with Gasteiger partial charge in [0.15, 0.2) is 0 Å². The molecule has 0 aromatic rings. The number of nitrogens with one attached hydrogen (secondary N) is 1. The summed E-state index contributed by atoms with van der Waals surface area (Å²) in [6.45, 7) is 12.5. The van der Waals surface area contributed by atoms with E-state index in [1.54, 1.807) is 0 Å². The van der Waals surface area contributed by atoms with Gasteiger partial charge in [-0.25, -0.2) is 0 Å². The first kappa shape index (κ1) is 11.9. The third-order valence-electron chi connectivity index (χ3n) is 5.13. The van der Waals surface area contributed by atoms with Gasteiger partial charge in [-0.2, -0.15) is 0 Å². The first-order valence-electron chi connectivity index (χ1n) is 7.37. The molecule has 1 N–H and O–H groups in total. The molecule has 1 unspecified atom stereocenters. The number of nitrogens with zero attached hydrogens (tertiary/aromatic N) is 2. The maximum atomic E-state index is 3.47. The van der Waals surface area contributed by atoms with Crippen LogP contribution in [0.1, 0.15) is 33.1 Å². The van der Waals surface area contributed by atoms with Gasteiger partial charge < -0.3 is 5.32 Å². The third kappa shape index (κ3) is 2.25. The van der Waals surface area contributed by atoms with Crippen molar-refractivity contribution in [3.05, 3.63) is 0 Å². The van der Waals surface area contributed by atoms with Crippen molar-refractivity contribution in [1.82, 2.24) is 15.1 Å². The second-order valence-corrected chi connectivity index (χ2v) is 6.71. The predicted octanol–water partition coefficient (Wildman–Crippen LogP) is 1.15. The lowest BCUT2D eigenvalue weighted by Gasteiger charge is -2.50. The Morgan fingerprint density at radius 1 is 1.24 bits per heavy atom. The van der Waals surface area contributed by atoms with Crippen LogP contribution in [0.25, 0.3) is 0 Å². The average molecular weight is 237 g/mol. The van der Waals surface area contributed by atoms with Crippen molar-refractivity contribution in [3.63, 3.8) is 0 Å². The van der Waals surface area contributed by atoms with Crippen molar-refractivity contribution in [2.75, 3.05) is 39.3 Å². The van der Waals surface area contributed by atoms with Crippen LogP contribution in [0.2, 0.25) is 0 Å². The molecule has 0 saturated carbocycles. The minimum Gasteiger partial charge on any atom is -0.315 e. The minimum atomic E-state index is 0.656. The van der Waals surface area contributed by atoms with Crippen LogP contribution in [0.5, 0.6) is 0 Å². The summed E-state index contributed by atoms with van der Waals surface area (Å²) in [4.78, 5) is 5.44. The van der Waals surface area contributed by atoms with Gasteiger partial charge >= 0.3 is 0 Å². The zero-order chi connectivity index (χ0) is 11.9. The number of hydrogen-bond acceptors (Lipinski definition) is 3. The van der Waals surface area contributed by atoms with E-state index in [1.807, 2.05) is 0 Å². The highest BCUT2D eigenvalue weighted by atomic mass is 15.3. The number of rotatable bonds is 2. The lowest BCUT2D eigenvalue weighted by atomic mass is 9.74. The molecule has 3 aliphatic heterocycles. The Morgan fingerprint density at radius 2 is 2.06 bits per heavy atom. The fourth-order valence-electron chi connectivity index (χ4n) is 3.86. The molecule has 3 rings (SSSR count). The van der Waals surface area contributed by atoms with E-state index in [0.717, 1.165) is 12.1 Å². The summed E-state index contributed by atoms with van der Waals surface area (Å²) in [7, 11) is 0. The Hall–Kier alpha value is -0.120. The molecule has 17 heavy (non-hydrogen) atoms. The normalized spacial score (nSPS) is 34.4. The molecule has 0 aromatic carbocycles. The van der Waals surface area contributed by atoms with E-state index in [4.69, 9.17) is 0 Å². The highest BCUT2D eigenvalue weighted by Gasteiger charge is 2.43. The molecule has 0 amide bonds. The van der Waals surface area contributed by atoms with E-state index < -0.39 is 0 Å². The summed E-state index contributed by atoms with van der Waals surface area (Å²) >= 11 is 0. The van der Waals surface area contributed by atoms with Crippen molar-refractivity contribution in [3.8, 4) is 0 Å². The molecule has 98 valence electrons. The highest BCUT2D eigenvalue weighted by Crippen LogP contribution is 2.35. The molecule has 3 nitrogen and oxygen atoms in total.